The Kier molecular flexibility index (Phi) is 4.03. The van der Waals surface area contributed by atoms with Gasteiger partial charge in [-0.15, -0.1) is 11.3 Å². The third kappa shape index (κ3) is 3.15. The molecule has 5 rings (SSSR count). The summed E-state index contributed by atoms with van der Waals surface area (Å²) in [6, 6.07) is 9.82. The van der Waals surface area contributed by atoms with Gasteiger partial charge in [-0.1, -0.05) is 17.7 Å². The third-order valence-electron chi connectivity index (χ3n) is 4.20. The Morgan fingerprint density at radius 2 is 2.04 bits per heavy atom. The molecule has 0 amide bonds. The van der Waals surface area contributed by atoms with Gasteiger partial charge in [-0.2, -0.15) is 0 Å². The monoisotopic (exact) mass is 396 g/mol. The number of ether oxygens (including phenoxy) is 2. The van der Waals surface area contributed by atoms with E-state index in [-0.39, 0.29) is 6.79 Å². The number of pyridine rings is 1. The highest BCUT2D eigenvalue weighted by Crippen LogP contribution is 2.37. The Morgan fingerprint density at radius 1 is 1.11 bits per heavy atom. The molecule has 27 heavy (non-hydrogen) atoms. The van der Waals surface area contributed by atoms with Crippen molar-refractivity contribution in [1.82, 2.24) is 15.0 Å². The second-order valence-corrected chi connectivity index (χ2v) is 7.42. The molecule has 8 heteroatoms. The molecule has 0 bridgehead atoms. The fourth-order valence-corrected chi connectivity index (χ4v) is 4.25. The molecule has 0 unspecified atom stereocenters. The Balaban J connectivity index is 1.46. The predicted molar refractivity (Wildman–Crippen MR) is 106 cm³/mol. The van der Waals surface area contributed by atoms with Gasteiger partial charge in [0.25, 0.3) is 0 Å². The summed E-state index contributed by atoms with van der Waals surface area (Å²) in [4.78, 5) is 14.0. The molecule has 0 saturated heterocycles. The van der Waals surface area contributed by atoms with E-state index >= 15 is 0 Å². The van der Waals surface area contributed by atoms with E-state index in [4.69, 9.17) is 21.1 Å². The maximum Gasteiger partial charge on any atom is 0.231 e. The fraction of sp³-hybridized carbons (Fsp3) is 0.105. The Labute approximate surface area is 163 Å². The van der Waals surface area contributed by atoms with E-state index in [0.29, 0.717) is 11.7 Å². The summed E-state index contributed by atoms with van der Waals surface area (Å²) in [6.07, 6.45) is 5.09. The molecule has 0 aliphatic carbocycles. The first kappa shape index (κ1) is 16.3. The Bertz CT molecular complexity index is 1130. The predicted octanol–water partition coefficient (Wildman–Crippen LogP) is 4.75. The molecule has 1 aliphatic heterocycles. The molecule has 6 nitrogen and oxygen atoms in total. The molecular formula is C19H13ClN4O2S. The summed E-state index contributed by atoms with van der Waals surface area (Å²) in [6.45, 7) is 0.859. The van der Waals surface area contributed by atoms with E-state index in [1.54, 1.807) is 29.9 Å². The van der Waals surface area contributed by atoms with Crippen LogP contribution >= 0.6 is 22.9 Å². The zero-order valence-electron chi connectivity index (χ0n) is 14.0. The number of aromatic nitrogens is 3. The normalized spacial score (nSPS) is 12.5. The zero-order chi connectivity index (χ0) is 18.2. The number of hydrogen-bond acceptors (Lipinski definition) is 7. The van der Waals surface area contributed by atoms with Gasteiger partial charge < -0.3 is 14.8 Å². The highest BCUT2D eigenvalue weighted by Gasteiger charge is 2.14. The summed E-state index contributed by atoms with van der Waals surface area (Å²) in [5.74, 6) is 2.27. The minimum atomic E-state index is 0.267. The highest BCUT2D eigenvalue weighted by atomic mass is 35.5. The van der Waals surface area contributed by atoms with Crippen molar-refractivity contribution < 1.29 is 9.47 Å². The van der Waals surface area contributed by atoms with Gasteiger partial charge in [0.1, 0.15) is 11.0 Å². The van der Waals surface area contributed by atoms with Crippen LogP contribution in [-0.4, -0.2) is 21.7 Å². The molecule has 4 aromatic rings. The minimum absolute atomic E-state index is 0.267. The quantitative estimate of drug-likeness (QED) is 0.502. The van der Waals surface area contributed by atoms with E-state index in [0.717, 1.165) is 43.5 Å². The lowest BCUT2D eigenvalue weighted by Crippen LogP contribution is -2.01. The first-order chi connectivity index (χ1) is 13.3. The van der Waals surface area contributed by atoms with Crippen molar-refractivity contribution in [2.24, 2.45) is 0 Å². The van der Waals surface area contributed by atoms with E-state index in [2.05, 4.69) is 26.3 Å². The molecule has 4 heterocycles. The molecule has 3 aromatic heterocycles. The van der Waals surface area contributed by atoms with E-state index < -0.39 is 0 Å². The lowest BCUT2D eigenvalue weighted by molar-refractivity contribution is 0.174. The Morgan fingerprint density at radius 3 is 2.93 bits per heavy atom. The summed E-state index contributed by atoms with van der Waals surface area (Å²) in [5, 5.41) is 4.83. The average molecular weight is 397 g/mol. The number of nitrogens with zero attached hydrogens (tertiary/aromatic N) is 3. The summed E-state index contributed by atoms with van der Waals surface area (Å²) in [5.41, 5.74) is 1.90. The molecular weight excluding hydrogens is 384 g/mol. The second-order valence-electron chi connectivity index (χ2n) is 5.95. The van der Waals surface area contributed by atoms with Gasteiger partial charge in [-0.05, 0) is 29.8 Å². The molecule has 0 spiro atoms. The van der Waals surface area contributed by atoms with Crippen LogP contribution < -0.4 is 14.8 Å². The van der Waals surface area contributed by atoms with Crippen LogP contribution in [0.15, 0.2) is 48.9 Å². The maximum absolute atomic E-state index is 6.23. The lowest BCUT2D eigenvalue weighted by Gasteiger charge is -2.08. The van der Waals surface area contributed by atoms with Crippen molar-refractivity contribution in [2.45, 2.75) is 6.54 Å². The number of rotatable bonds is 4. The van der Waals surface area contributed by atoms with Crippen molar-refractivity contribution in [1.29, 1.82) is 0 Å². The molecule has 134 valence electrons. The van der Waals surface area contributed by atoms with Crippen LogP contribution in [0.1, 0.15) is 5.56 Å². The van der Waals surface area contributed by atoms with Gasteiger partial charge in [-0.3, -0.25) is 9.97 Å². The molecule has 1 N–H and O–H groups in total. The molecule has 1 aromatic carbocycles. The van der Waals surface area contributed by atoms with Crippen LogP contribution in [0.2, 0.25) is 5.15 Å². The number of fused-ring (bicyclic) bond motifs is 2. The SMILES string of the molecule is Clc1cc2sc(-c3cnccn3)cc2c(NCc2ccc3c(c2)OCO3)n1. The first-order valence-corrected chi connectivity index (χ1v) is 9.44. The fourth-order valence-electron chi connectivity index (χ4n) is 2.93. The van der Waals surface area contributed by atoms with Gasteiger partial charge in [0.05, 0.1) is 16.8 Å². The van der Waals surface area contributed by atoms with E-state index in [9.17, 15) is 0 Å². The van der Waals surface area contributed by atoms with Crippen molar-refractivity contribution >= 4 is 38.8 Å². The van der Waals surface area contributed by atoms with Crippen LogP contribution in [0.4, 0.5) is 5.82 Å². The third-order valence-corrected chi connectivity index (χ3v) is 5.50. The minimum Gasteiger partial charge on any atom is -0.454 e. The number of nitrogens with one attached hydrogen (secondary N) is 1. The van der Waals surface area contributed by atoms with Crippen LogP contribution in [0.25, 0.3) is 20.7 Å². The van der Waals surface area contributed by atoms with Gasteiger partial charge in [0.15, 0.2) is 11.5 Å². The standard InChI is InChI=1S/C19H13ClN4O2S/c20-18-7-16-12(6-17(27-16)13-9-21-3-4-22-13)19(24-18)23-8-11-1-2-14-15(5-11)26-10-25-14/h1-7,9H,8,10H2,(H,23,24). The summed E-state index contributed by atoms with van der Waals surface area (Å²) in [7, 11) is 0. The van der Waals surface area contributed by atoms with Gasteiger partial charge in [0.2, 0.25) is 6.79 Å². The summed E-state index contributed by atoms with van der Waals surface area (Å²) < 4.78 is 11.8. The highest BCUT2D eigenvalue weighted by molar-refractivity contribution is 7.22. The van der Waals surface area contributed by atoms with Gasteiger partial charge in [0, 0.05) is 29.0 Å². The number of hydrogen-bond donors (Lipinski definition) is 1. The van der Waals surface area contributed by atoms with Crippen LogP contribution in [0, 0.1) is 0 Å². The number of benzene rings is 1. The molecule has 0 saturated carbocycles. The molecule has 0 fully saturated rings. The van der Waals surface area contributed by atoms with Crippen molar-refractivity contribution in [3.63, 3.8) is 0 Å². The van der Waals surface area contributed by atoms with E-state index in [1.165, 1.54) is 0 Å². The van der Waals surface area contributed by atoms with Crippen LogP contribution in [-0.2, 0) is 6.54 Å². The van der Waals surface area contributed by atoms with Gasteiger partial charge in [-0.25, -0.2) is 4.98 Å². The van der Waals surface area contributed by atoms with Crippen molar-refractivity contribution in [3.8, 4) is 22.1 Å². The molecule has 0 radical (unpaired) electrons. The lowest BCUT2D eigenvalue weighted by atomic mass is 10.2. The Hall–Kier alpha value is -2.90. The summed E-state index contributed by atoms with van der Waals surface area (Å²) >= 11 is 7.84. The van der Waals surface area contributed by atoms with Crippen molar-refractivity contribution in [3.05, 3.63) is 59.6 Å². The average Bonchev–Trinajstić information content (AvgIpc) is 3.33. The zero-order valence-corrected chi connectivity index (χ0v) is 15.5. The van der Waals surface area contributed by atoms with Crippen LogP contribution in [0.5, 0.6) is 11.5 Å². The number of thiophene rings is 1. The molecule has 0 atom stereocenters. The number of halogens is 1. The second kappa shape index (κ2) is 6.68. The van der Waals surface area contributed by atoms with Crippen LogP contribution in [0.3, 0.4) is 0 Å². The van der Waals surface area contributed by atoms with E-state index in [1.807, 2.05) is 24.3 Å². The topological polar surface area (TPSA) is 69.2 Å². The van der Waals surface area contributed by atoms with Gasteiger partial charge >= 0.3 is 0 Å². The van der Waals surface area contributed by atoms with Crippen molar-refractivity contribution in [2.75, 3.05) is 12.1 Å². The molecule has 1 aliphatic rings. The largest absolute Gasteiger partial charge is 0.454 e. The number of anilines is 1. The first-order valence-electron chi connectivity index (χ1n) is 8.25. The smallest absolute Gasteiger partial charge is 0.231 e. The maximum atomic E-state index is 6.23.